The van der Waals surface area contributed by atoms with Crippen LogP contribution in [0.1, 0.15) is 21.8 Å². The number of carbonyl (C=O) groups is 1. The van der Waals surface area contributed by atoms with Gasteiger partial charge in [-0.15, -0.1) is 0 Å². The zero-order valence-corrected chi connectivity index (χ0v) is 13.7. The molecule has 0 fully saturated rings. The molecule has 2 heterocycles. The standard InChI is InChI=1S/C17H18N4O4/c1-11-13(17(23)18-6-7-22)3-2-4-14(11)19-9-15-20-16(21-25-15)12-5-8-24-10-12/h2-5,8,10,19,22H,6-7,9H2,1H3,(H,18,23). The SMILES string of the molecule is Cc1c(NCc2nc(-c3ccoc3)no2)cccc1C(=O)NCCO. The number of rotatable bonds is 7. The molecule has 8 heteroatoms. The molecule has 1 amide bonds. The van der Waals surface area contributed by atoms with E-state index in [1.54, 1.807) is 30.7 Å². The highest BCUT2D eigenvalue weighted by Crippen LogP contribution is 2.20. The molecular weight excluding hydrogens is 324 g/mol. The van der Waals surface area contributed by atoms with E-state index in [0.717, 1.165) is 16.8 Å². The van der Waals surface area contributed by atoms with E-state index in [1.165, 1.54) is 0 Å². The van der Waals surface area contributed by atoms with Gasteiger partial charge in [0, 0.05) is 17.8 Å². The third-order valence-electron chi connectivity index (χ3n) is 3.65. The van der Waals surface area contributed by atoms with Crippen LogP contribution < -0.4 is 10.6 Å². The molecule has 130 valence electrons. The van der Waals surface area contributed by atoms with E-state index in [1.807, 2.05) is 13.0 Å². The molecule has 0 radical (unpaired) electrons. The summed E-state index contributed by atoms with van der Waals surface area (Å²) in [5, 5.41) is 18.5. The summed E-state index contributed by atoms with van der Waals surface area (Å²) in [6.07, 6.45) is 3.08. The van der Waals surface area contributed by atoms with Crippen LogP contribution in [0.2, 0.25) is 0 Å². The zero-order valence-electron chi connectivity index (χ0n) is 13.7. The molecule has 0 saturated heterocycles. The van der Waals surface area contributed by atoms with Crippen molar-refractivity contribution in [2.24, 2.45) is 0 Å². The average molecular weight is 342 g/mol. The molecule has 1 aromatic carbocycles. The van der Waals surface area contributed by atoms with Crippen LogP contribution in [0.5, 0.6) is 0 Å². The highest BCUT2D eigenvalue weighted by atomic mass is 16.5. The molecule has 0 atom stereocenters. The molecule has 0 aliphatic carbocycles. The van der Waals surface area contributed by atoms with Crippen molar-refractivity contribution in [3.63, 3.8) is 0 Å². The number of aliphatic hydroxyl groups is 1. The molecule has 0 saturated carbocycles. The second kappa shape index (κ2) is 7.63. The van der Waals surface area contributed by atoms with Crippen molar-refractivity contribution < 1.29 is 18.8 Å². The van der Waals surface area contributed by atoms with Crippen molar-refractivity contribution in [2.45, 2.75) is 13.5 Å². The fraction of sp³-hybridized carbons (Fsp3) is 0.235. The predicted molar refractivity (Wildman–Crippen MR) is 89.9 cm³/mol. The molecule has 3 aromatic rings. The Morgan fingerprint density at radius 3 is 2.96 bits per heavy atom. The minimum absolute atomic E-state index is 0.0983. The highest BCUT2D eigenvalue weighted by Gasteiger charge is 2.13. The van der Waals surface area contributed by atoms with Gasteiger partial charge < -0.3 is 24.7 Å². The first-order valence-corrected chi connectivity index (χ1v) is 7.76. The number of nitrogens with zero attached hydrogens (tertiary/aromatic N) is 2. The second-order valence-corrected chi connectivity index (χ2v) is 5.33. The van der Waals surface area contributed by atoms with Crippen LogP contribution in [0.3, 0.4) is 0 Å². The number of nitrogens with one attached hydrogen (secondary N) is 2. The van der Waals surface area contributed by atoms with Crippen LogP contribution in [0.4, 0.5) is 5.69 Å². The molecule has 0 bridgehead atoms. The van der Waals surface area contributed by atoms with Crippen LogP contribution >= 0.6 is 0 Å². The maximum absolute atomic E-state index is 12.1. The van der Waals surface area contributed by atoms with Gasteiger partial charge in [0.05, 0.1) is 25.0 Å². The van der Waals surface area contributed by atoms with Crippen molar-refractivity contribution >= 4 is 11.6 Å². The predicted octanol–water partition coefficient (Wildman–Crippen LogP) is 1.97. The molecular formula is C17H18N4O4. The lowest BCUT2D eigenvalue weighted by Crippen LogP contribution is -2.27. The second-order valence-electron chi connectivity index (χ2n) is 5.33. The van der Waals surface area contributed by atoms with Crippen LogP contribution in [-0.2, 0) is 6.54 Å². The van der Waals surface area contributed by atoms with E-state index in [4.69, 9.17) is 14.0 Å². The fourth-order valence-corrected chi connectivity index (χ4v) is 2.34. The first-order valence-electron chi connectivity index (χ1n) is 7.76. The summed E-state index contributed by atoms with van der Waals surface area (Å²) in [4.78, 5) is 16.4. The average Bonchev–Trinajstić information content (AvgIpc) is 3.30. The van der Waals surface area contributed by atoms with Crippen molar-refractivity contribution in [3.05, 3.63) is 53.8 Å². The first-order chi connectivity index (χ1) is 12.2. The number of amides is 1. The molecule has 0 spiro atoms. The Morgan fingerprint density at radius 1 is 1.32 bits per heavy atom. The molecule has 2 aromatic heterocycles. The number of hydrogen-bond donors (Lipinski definition) is 3. The van der Waals surface area contributed by atoms with E-state index in [2.05, 4.69) is 20.8 Å². The van der Waals surface area contributed by atoms with Gasteiger partial charge in [-0.1, -0.05) is 11.2 Å². The number of aliphatic hydroxyl groups excluding tert-OH is 1. The van der Waals surface area contributed by atoms with Crippen molar-refractivity contribution in [1.82, 2.24) is 15.5 Å². The summed E-state index contributed by atoms with van der Waals surface area (Å²) in [7, 11) is 0. The third-order valence-corrected chi connectivity index (χ3v) is 3.65. The Hall–Kier alpha value is -3.13. The summed E-state index contributed by atoms with van der Waals surface area (Å²) in [6.45, 7) is 2.29. The first kappa shape index (κ1) is 16.7. The Balaban J connectivity index is 1.68. The van der Waals surface area contributed by atoms with E-state index in [0.29, 0.717) is 23.8 Å². The Labute approximate surface area is 143 Å². The molecule has 8 nitrogen and oxygen atoms in total. The summed E-state index contributed by atoms with van der Waals surface area (Å²) in [6, 6.07) is 7.14. The normalized spacial score (nSPS) is 10.6. The Bertz CT molecular complexity index is 842. The van der Waals surface area contributed by atoms with Gasteiger partial charge >= 0.3 is 0 Å². The van der Waals surface area contributed by atoms with E-state index < -0.39 is 0 Å². The lowest BCUT2D eigenvalue weighted by molar-refractivity contribution is 0.0944. The molecule has 0 aliphatic heterocycles. The van der Waals surface area contributed by atoms with Gasteiger partial charge in [-0.25, -0.2) is 0 Å². The number of anilines is 1. The zero-order chi connectivity index (χ0) is 17.6. The molecule has 3 N–H and O–H groups in total. The van der Waals surface area contributed by atoms with Crippen molar-refractivity contribution in [3.8, 4) is 11.4 Å². The van der Waals surface area contributed by atoms with Crippen LogP contribution in [0.25, 0.3) is 11.4 Å². The smallest absolute Gasteiger partial charge is 0.251 e. The number of furan rings is 1. The van der Waals surface area contributed by atoms with Gasteiger partial charge in [0.15, 0.2) is 0 Å². The van der Waals surface area contributed by atoms with Crippen LogP contribution in [0.15, 0.2) is 45.7 Å². The fourth-order valence-electron chi connectivity index (χ4n) is 2.34. The largest absolute Gasteiger partial charge is 0.472 e. The van der Waals surface area contributed by atoms with Gasteiger partial charge in [0.25, 0.3) is 5.91 Å². The summed E-state index contributed by atoms with van der Waals surface area (Å²) in [5.74, 6) is 0.653. The lowest BCUT2D eigenvalue weighted by atomic mass is 10.1. The summed E-state index contributed by atoms with van der Waals surface area (Å²) < 4.78 is 10.2. The highest BCUT2D eigenvalue weighted by molar-refractivity contribution is 5.97. The molecule has 3 rings (SSSR count). The quantitative estimate of drug-likeness (QED) is 0.601. The molecule has 0 aliphatic rings. The van der Waals surface area contributed by atoms with Crippen LogP contribution in [-0.4, -0.2) is 34.3 Å². The number of carbonyl (C=O) groups excluding carboxylic acids is 1. The summed E-state index contributed by atoms with van der Waals surface area (Å²) in [5.41, 5.74) is 2.88. The summed E-state index contributed by atoms with van der Waals surface area (Å²) >= 11 is 0. The topological polar surface area (TPSA) is 113 Å². The number of aromatic nitrogens is 2. The van der Waals surface area contributed by atoms with Gasteiger partial charge in [-0.05, 0) is 30.7 Å². The Kier molecular flexibility index (Phi) is 5.10. The van der Waals surface area contributed by atoms with Crippen LogP contribution in [0, 0.1) is 6.92 Å². The van der Waals surface area contributed by atoms with E-state index in [9.17, 15) is 4.79 Å². The number of benzene rings is 1. The van der Waals surface area contributed by atoms with Gasteiger partial charge in [0.2, 0.25) is 11.7 Å². The minimum Gasteiger partial charge on any atom is -0.472 e. The van der Waals surface area contributed by atoms with Gasteiger partial charge in [-0.3, -0.25) is 4.79 Å². The number of hydrogen-bond acceptors (Lipinski definition) is 7. The van der Waals surface area contributed by atoms with Crippen molar-refractivity contribution in [1.29, 1.82) is 0 Å². The maximum atomic E-state index is 12.1. The molecule has 0 unspecified atom stereocenters. The minimum atomic E-state index is -0.227. The molecule has 25 heavy (non-hydrogen) atoms. The van der Waals surface area contributed by atoms with E-state index >= 15 is 0 Å². The van der Waals surface area contributed by atoms with E-state index in [-0.39, 0.29) is 19.1 Å². The maximum Gasteiger partial charge on any atom is 0.251 e. The third kappa shape index (κ3) is 3.86. The monoisotopic (exact) mass is 342 g/mol. The van der Waals surface area contributed by atoms with Gasteiger partial charge in [0.1, 0.15) is 6.26 Å². The van der Waals surface area contributed by atoms with Gasteiger partial charge in [-0.2, -0.15) is 4.98 Å². The Morgan fingerprint density at radius 2 is 2.20 bits per heavy atom. The lowest BCUT2D eigenvalue weighted by Gasteiger charge is -2.12. The van der Waals surface area contributed by atoms with Crippen molar-refractivity contribution in [2.75, 3.05) is 18.5 Å².